The highest BCUT2D eigenvalue weighted by molar-refractivity contribution is 6.30. The molecule has 168 valence electrons. The van der Waals surface area contributed by atoms with Crippen molar-refractivity contribution >= 4 is 51.4 Å². The summed E-state index contributed by atoms with van der Waals surface area (Å²) in [6, 6.07) is 21.0. The average Bonchev–Trinajstić information content (AvgIpc) is 3.15. The first-order valence-corrected chi connectivity index (χ1v) is 10.9. The number of nitrogens with zero attached hydrogens (tertiary/aromatic N) is 2. The van der Waals surface area contributed by atoms with Gasteiger partial charge in [0.15, 0.2) is 6.61 Å². The van der Waals surface area contributed by atoms with E-state index in [1.165, 1.54) is 10.9 Å². The molecule has 8 heteroatoms. The third-order valence-electron chi connectivity index (χ3n) is 5.15. The number of aryl methyl sites for hydroxylation is 1. The monoisotopic (exact) mass is 462 g/mol. The molecule has 4 aromatic rings. The number of aromatic nitrogens is 1. The summed E-state index contributed by atoms with van der Waals surface area (Å²) in [4.78, 5) is 23.8. The SMILES string of the molecule is CCn1c2ccccc2c2cc(/C=N/NC(=O)CNC(=O)COc3ccc(Cl)cc3)ccc21. The van der Waals surface area contributed by atoms with E-state index in [0.29, 0.717) is 10.8 Å². The van der Waals surface area contributed by atoms with Gasteiger partial charge in [0.1, 0.15) is 5.75 Å². The van der Waals surface area contributed by atoms with Crippen molar-refractivity contribution in [3.05, 3.63) is 77.3 Å². The molecular weight excluding hydrogens is 440 g/mol. The average molecular weight is 463 g/mol. The van der Waals surface area contributed by atoms with E-state index in [2.05, 4.69) is 51.6 Å². The van der Waals surface area contributed by atoms with Gasteiger partial charge in [-0.1, -0.05) is 35.9 Å². The van der Waals surface area contributed by atoms with E-state index >= 15 is 0 Å². The highest BCUT2D eigenvalue weighted by atomic mass is 35.5. The quantitative estimate of drug-likeness (QED) is 0.305. The summed E-state index contributed by atoms with van der Waals surface area (Å²) in [5.74, 6) is -0.334. The molecule has 1 aromatic heterocycles. The number of ether oxygens (including phenoxy) is 1. The Morgan fingerprint density at radius 2 is 1.76 bits per heavy atom. The van der Waals surface area contributed by atoms with E-state index in [4.69, 9.17) is 16.3 Å². The van der Waals surface area contributed by atoms with Crippen molar-refractivity contribution in [3.8, 4) is 5.75 Å². The van der Waals surface area contributed by atoms with E-state index in [1.807, 2.05) is 18.2 Å². The van der Waals surface area contributed by atoms with Gasteiger partial charge in [-0.25, -0.2) is 5.43 Å². The fraction of sp³-hybridized carbons (Fsp3) is 0.160. The molecule has 0 aliphatic heterocycles. The number of amides is 2. The highest BCUT2D eigenvalue weighted by Gasteiger charge is 2.09. The van der Waals surface area contributed by atoms with Crippen LogP contribution in [0.15, 0.2) is 71.8 Å². The van der Waals surface area contributed by atoms with Crippen molar-refractivity contribution in [2.24, 2.45) is 5.10 Å². The van der Waals surface area contributed by atoms with Crippen molar-refractivity contribution in [3.63, 3.8) is 0 Å². The Kier molecular flexibility index (Phi) is 6.90. The number of nitrogens with one attached hydrogen (secondary N) is 2. The number of hydrogen-bond acceptors (Lipinski definition) is 4. The van der Waals surface area contributed by atoms with Gasteiger partial charge in [0, 0.05) is 33.4 Å². The number of rotatable bonds is 8. The first kappa shape index (κ1) is 22.4. The molecule has 0 saturated carbocycles. The van der Waals surface area contributed by atoms with Crippen LogP contribution in [-0.4, -0.2) is 35.7 Å². The number of para-hydroxylation sites is 1. The number of carbonyl (C=O) groups is 2. The Bertz CT molecular complexity index is 1330. The van der Waals surface area contributed by atoms with Gasteiger partial charge in [-0.05, 0) is 55.0 Å². The maximum Gasteiger partial charge on any atom is 0.259 e. The summed E-state index contributed by atoms with van der Waals surface area (Å²) in [6.45, 7) is 2.59. The predicted octanol–water partition coefficient (Wildman–Crippen LogP) is 4.11. The van der Waals surface area contributed by atoms with Crippen LogP contribution < -0.4 is 15.5 Å². The van der Waals surface area contributed by atoms with Gasteiger partial charge in [-0.3, -0.25) is 9.59 Å². The zero-order chi connectivity index (χ0) is 23.2. The fourth-order valence-electron chi connectivity index (χ4n) is 3.62. The molecule has 4 rings (SSSR count). The number of fused-ring (bicyclic) bond motifs is 3. The van der Waals surface area contributed by atoms with E-state index in [1.54, 1.807) is 30.5 Å². The number of halogens is 1. The Balaban J connectivity index is 1.30. The minimum Gasteiger partial charge on any atom is -0.484 e. The molecule has 0 radical (unpaired) electrons. The molecule has 0 saturated heterocycles. The van der Waals surface area contributed by atoms with Crippen molar-refractivity contribution < 1.29 is 14.3 Å². The molecule has 0 fully saturated rings. The van der Waals surface area contributed by atoms with Crippen LogP contribution in [0.1, 0.15) is 12.5 Å². The summed E-state index contributed by atoms with van der Waals surface area (Å²) in [7, 11) is 0. The van der Waals surface area contributed by atoms with Crippen molar-refractivity contribution in [2.75, 3.05) is 13.2 Å². The minimum absolute atomic E-state index is 0.205. The molecule has 0 unspecified atom stereocenters. The molecule has 7 nitrogen and oxygen atoms in total. The first-order chi connectivity index (χ1) is 16.0. The maximum atomic E-state index is 12.0. The molecule has 3 aromatic carbocycles. The van der Waals surface area contributed by atoms with Gasteiger partial charge in [-0.15, -0.1) is 0 Å². The molecule has 2 amide bonds. The Labute approximate surface area is 196 Å². The zero-order valence-electron chi connectivity index (χ0n) is 18.0. The number of carbonyl (C=O) groups excluding carboxylic acids is 2. The second-order valence-electron chi connectivity index (χ2n) is 7.35. The third-order valence-corrected chi connectivity index (χ3v) is 5.40. The van der Waals surface area contributed by atoms with Crippen LogP contribution in [0.5, 0.6) is 5.75 Å². The molecule has 0 spiro atoms. The molecule has 33 heavy (non-hydrogen) atoms. The van der Waals surface area contributed by atoms with Gasteiger partial charge in [0.05, 0.1) is 12.8 Å². The molecular formula is C25H23ClN4O3. The molecule has 0 atom stereocenters. The molecule has 2 N–H and O–H groups in total. The number of hydrogen-bond donors (Lipinski definition) is 2. The van der Waals surface area contributed by atoms with Crippen LogP contribution in [0, 0.1) is 0 Å². The first-order valence-electron chi connectivity index (χ1n) is 10.5. The smallest absolute Gasteiger partial charge is 0.259 e. The molecule has 0 aliphatic rings. The summed E-state index contributed by atoms with van der Waals surface area (Å²) >= 11 is 5.80. The Morgan fingerprint density at radius 1 is 1.00 bits per heavy atom. The Hall–Kier alpha value is -3.84. The largest absolute Gasteiger partial charge is 0.484 e. The Morgan fingerprint density at radius 3 is 2.55 bits per heavy atom. The van der Waals surface area contributed by atoms with E-state index in [-0.39, 0.29) is 13.2 Å². The summed E-state index contributed by atoms with van der Waals surface area (Å²) in [5, 5.41) is 9.39. The van der Waals surface area contributed by atoms with Gasteiger partial charge in [0.25, 0.3) is 11.8 Å². The van der Waals surface area contributed by atoms with Crippen LogP contribution in [0.25, 0.3) is 21.8 Å². The zero-order valence-corrected chi connectivity index (χ0v) is 18.8. The third kappa shape index (κ3) is 5.32. The van der Waals surface area contributed by atoms with E-state index in [9.17, 15) is 9.59 Å². The van der Waals surface area contributed by atoms with Gasteiger partial charge in [-0.2, -0.15) is 5.10 Å². The summed E-state index contributed by atoms with van der Waals surface area (Å²) in [5.41, 5.74) is 5.63. The lowest BCUT2D eigenvalue weighted by Gasteiger charge is -2.07. The van der Waals surface area contributed by atoms with Gasteiger partial charge in [0.2, 0.25) is 0 Å². The summed E-state index contributed by atoms with van der Waals surface area (Å²) in [6.07, 6.45) is 1.58. The second-order valence-corrected chi connectivity index (χ2v) is 7.79. The molecule has 0 aliphatic carbocycles. The number of benzene rings is 3. The van der Waals surface area contributed by atoms with Crippen LogP contribution in [0.4, 0.5) is 0 Å². The fourth-order valence-corrected chi connectivity index (χ4v) is 3.75. The summed E-state index contributed by atoms with van der Waals surface area (Å²) < 4.78 is 7.61. The lowest BCUT2D eigenvalue weighted by atomic mass is 10.1. The molecule has 1 heterocycles. The van der Waals surface area contributed by atoms with Crippen molar-refractivity contribution in [2.45, 2.75) is 13.5 Å². The lowest BCUT2D eigenvalue weighted by molar-refractivity contribution is -0.127. The molecule has 0 bridgehead atoms. The standard InChI is InChI=1S/C25H23ClN4O3/c1-2-30-22-6-4-3-5-20(22)21-13-17(7-12-23(21)30)14-28-29-24(31)15-27-25(32)16-33-19-10-8-18(26)9-11-19/h3-14H,2,15-16H2,1H3,(H,27,32)(H,29,31)/b28-14+. The van der Waals surface area contributed by atoms with E-state index < -0.39 is 11.8 Å². The van der Waals surface area contributed by atoms with Crippen molar-refractivity contribution in [1.82, 2.24) is 15.3 Å². The second kappa shape index (κ2) is 10.2. The number of hydrazone groups is 1. The highest BCUT2D eigenvalue weighted by Crippen LogP contribution is 2.29. The lowest BCUT2D eigenvalue weighted by Crippen LogP contribution is -2.37. The van der Waals surface area contributed by atoms with Gasteiger partial charge >= 0.3 is 0 Å². The van der Waals surface area contributed by atoms with E-state index in [0.717, 1.165) is 23.0 Å². The van der Waals surface area contributed by atoms with Gasteiger partial charge < -0.3 is 14.6 Å². The van der Waals surface area contributed by atoms with Crippen molar-refractivity contribution in [1.29, 1.82) is 0 Å². The predicted molar refractivity (Wildman–Crippen MR) is 131 cm³/mol. The van der Waals surface area contributed by atoms with Crippen LogP contribution in [0.2, 0.25) is 5.02 Å². The minimum atomic E-state index is -0.435. The van der Waals surface area contributed by atoms with Crippen LogP contribution in [-0.2, 0) is 16.1 Å². The maximum absolute atomic E-state index is 12.0. The topological polar surface area (TPSA) is 84.7 Å². The van der Waals surface area contributed by atoms with Crippen LogP contribution >= 0.6 is 11.6 Å². The normalized spacial score (nSPS) is 11.2. The van der Waals surface area contributed by atoms with Crippen LogP contribution in [0.3, 0.4) is 0 Å².